The first-order valence-corrected chi connectivity index (χ1v) is 10.4. The molecule has 2 aliphatic rings. The number of halogens is 2. The molecule has 2 fully saturated rings. The highest BCUT2D eigenvalue weighted by atomic mass is 35.5. The van der Waals surface area contributed by atoms with Gasteiger partial charge in [-0.15, -0.1) is 0 Å². The smallest absolute Gasteiger partial charge is 0.229 e. The third-order valence-electron chi connectivity index (χ3n) is 6.29. The van der Waals surface area contributed by atoms with E-state index in [1.807, 2.05) is 6.92 Å². The Morgan fingerprint density at radius 1 is 1.27 bits per heavy atom. The number of hydrogen-bond donors (Lipinski definition) is 1. The number of carbonyl (C=O) groups excluding carboxylic acids is 2. The summed E-state index contributed by atoms with van der Waals surface area (Å²) in [5.41, 5.74) is 1.88. The average Bonchev–Trinajstić information content (AvgIpc) is 3.47. The minimum Gasteiger partial charge on any atom is -0.310 e. The van der Waals surface area contributed by atoms with Gasteiger partial charge >= 0.3 is 0 Å². The minimum atomic E-state index is -0.528. The molecule has 1 amide bonds. The molecule has 0 bridgehead atoms. The van der Waals surface area contributed by atoms with Gasteiger partial charge in [-0.25, -0.2) is 9.37 Å². The van der Waals surface area contributed by atoms with Gasteiger partial charge in [-0.3, -0.25) is 14.6 Å². The van der Waals surface area contributed by atoms with Crippen molar-refractivity contribution in [3.8, 4) is 11.1 Å². The summed E-state index contributed by atoms with van der Waals surface area (Å²) in [6.07, 6.45) is 7.06. The molecule has 3 atom stereocenters. The van der Waals surface area contributed by atoms with Gasteiger partial charge in [0, 0.05) is 47.4 Å². The van der Waals surface area contributed by atoms with Gasteiger partial charge in [-0.1, -0.05) is 11.6 Å². The number of aryl methyl sites for hydroxylation is 1. The lowest BCUT2D eigenvalue weighted by atomic mass is 9.99. The number of amides is 1. The van der Waals surface area contributed by atoms with E-state index in [4.69, 9.17) is 11.6 Å². The van der Waals surface area contributed by atoms with Crippen molar-refractivity contribution in [2.75, 3.05) is 5.32 Å². The van der Waals surface area contributed by atoms with Crippen LogP contribution in [-0.2, 0) is 9.59 Å². The molecular formula is C23H19ClFN3O2. The predicted molar refractivity (Wildman–Crippen MR) is 113 cm³/mol. The highest BCUT2D eigenvalue weighted by Gasteiger charge is 2.59. The zero-order valence-electron chi connectivity index (χ0n) is 16.3. The summed E-state index contributed by atoms with van der Waals surface area (Å²) in [6, 6.07) is 5.18. The number of ketones is 1. The van der Waals surface area contributed by atoms with Crippen LogP contribution in [0.25, 0.3) is 21.9 Å². The molecule has 152 valence electrons. The predicted octanol–water partition coefficient (Wildman–Crippen LogP) is 4.95. The number of fused-ring (bicyclic) bond motifs is 2. The second-order valence-corrected chi connectivity index (χ2v) is 8.47. The maximum atomic E-state index is 14.9. The highest BCUT2D eigenvalue weighted by Crippen LogP contribution is 2.54. The lowest BCUT2D eigenvalue weighted by molar-refractivity contribution is -0.124. The van der Waals surface area contributed by atoms with Crippen molar-refractivity contribution in [2.45, 2.75) is 26.2 Å². The molecule has 2 saturated carbocycles. The number of anilines is 1. The molecule has 3 aromatic rings. The lowest BCUT2D eigenvalue weighted by Gasteiger charge is -2.12. The number of rotatable bonds is 3. The monoisotopic (exact) mass is 423 g/mol. The van der Waals surface area contributed by atoms with Gasteiger partial charge < -0.3 is 5.32 Å². The molecule has 2 heterocycles. The first kappa shape index (κ1) is 19.1. The van der Waals surface area contributed by atoms with Crippen molar-refractivity contribution in [3.63, 3.8) is 0 Å². The fourth-order valence-electron chi connectivity index (χ4n) is 4.66. The number of nitrogens with one attached hydrogen (secondary N) is 1. The standard InChI is InChI=1S/C23H19ClFN3O2/c1-11-5-6-26-9-15(11)14-7-12-8-18(27-10-16(12)21(24)22(14)25)28-23(30)20-13-3-2-4-17(29)19(13)20/h5-10,13,19-20H,2-4H2,1H3,(H,27,28,30). The molecule has 7 heteroatoms. The van der Waals surface area contributed by atoms with E-state index in [0.717, 1.165) is 18.4 Å². The summed E-state index contributed by atoms with van der Waals surface area (Å²) in [7, 11) is 0. The fraction of sp³-hybridized carbons (Fsp3) is 0.304. The Labute approximate surface area is 177 Å². The van der Waals surface area contributed by atoms with Gasteiger partial charge in [0.1, 0.15) is 17.4 Å². The molecule has 0 saturated heterocycles. The van der Waals surface area contributed by atoms with Crippen LogP contribution >= 0.6 is 11.6 Å². The molecular weight excluding hydrogens is 405 g/mol. The Morgan fingerprint density at radius 2 is 2.10 bits per heavy atom. The van der Waals surface area contributed by atoms with E-state index in [1.165, 1.54) is 6.20 Å². The Bertz CT molecular complexity index is 1210. The molecule has 0 radical (unpaired) electrons. The van der Waals surface area contributed by atoms with E-state index >= 15 is 0 Å². The first-order valence-electron chi connectivity index (χ1n) is 9.98. The normalized spacial score (nSPS) is 22.6. The summed E-state index contributed by atoms with van der Waals surface area (Å²) in [6.45, 7) is 1.88. The maximum Gasteiger partial charge on any atom is 0.229 e. The topological polar surface area (TPSA) is 72.0 Å². The van der Waals surface area contributed by atoms with Gasteiger partial charge in [0.05, 0.1) is 10.9 Å². The van der Waals surface area contributed by atoms with Crippen LogP contribution in [0, 0.1) is 30.5 Å². The number of benzene rings is 1. The molecule has 2 aliphatic carbocycles. The lowest BCUT2D eigenvalue weighted by Crippen LogP contribution is -2.17. The van der Waals surface area contributed by atoms with E-state index in [-0.39, 0.29) is 34.5 Å². The zero-order valence-corrected chi connectivity index (χ0v) is 17.0. The Hall–Kier alpha value is -2.86. The van der Waals surface area contributed by atoms with Crippen molar-refractivity contribution in [1.82, 2.24) is 9.97 Å². The summed E-state index contributed by atoms with van der Waals surface area (Å²) in [5.74, 6) is -0.388. The van der Waals surface area contributed by atoms with Crippen LogP contribution in [0.15, 0.2) is 36.8 Å². The van der Waals surface area contributed by atoms with Crippen LogP contribution in [0.2, 0.25) is 5.02 Å². The molecule has 0 aliphatic heterocycles. The van der Waals surface area contributed by atoms with E-state index in [0.29, 0.717) is 34.1 Å². The van der Waals surface area contributed by atoms with Crippen molar-refractivity contribution < 1.29 is 14.0 Å². The maximum absolute atomic E-state index is 14.9. The molecule has 5 nitrogen and oxygen atoms in total. The SMILES string of the molecule is Cc1ccncc1-c1cc2cc(NC(=O)C3C4CCCC(=O)C43)ncc2c(Cl)c1F. The van der Waals surface area contributed by atoms with Crippen LogP contribution in [0.4, 0.5) is 10.2 Å². The van der Waals surface area contributed by atoms with Crippen molar-refractivity contribution in [1.29, 1.82) is 0 Å². The number of Topliss-reactive ketones (excluding diaryl/α,β-unsaturated/α-hetero) is 1. The second-order valence-electron chi connectivity index (χ2n) is 8.10. The Morgan fingerprint density at radius 3 is 2.87 bits per heavy atom. The third kappa shape index (κ3) is 3.06. The molecule has 1 N–H and O–H groups in total. The first-order chi connectivity index (χ1) is 14.5. The highest BCUT2D eigenvalue weighted by molar-refractivity contribution is 6.36. The van der Waals surface area contributed by atoms with Gasteiger partial charge in [0.15, 0.2) is 0 Å². The fourth-order valence-corrected chi connectivity index (χ4v) is 4.92. The molecule has 3 unspecified atom stereocenters. The average molecular weight is 424 g/mol. The Kier molecular flexibility index (Phi) is 4.54. The number of hydrogen-bond acceptors (Lipinski definition) is 4. The second kappa shape index (κ2) is 7.13. The van der Waals surface area contributed by atoms with Crippen LogP contribution in [0.1, 0.15) is 24.8 Å². The van der Waals surface area contributed by atoms with Crippen LogP contribution in [0.5, 0.6) is 0 Å². The molecule has 1 aromatic carbocycles. The van der Waals surface area contributed by atoms with Crippen LogP contribution in [0.3, 0.4) is 0 Å². The van der Waals surface area contributed by atoms with E-state index in [1.54, 1.807) is 30.6 Å². The number of carbonyl (C=O) groups is 2. The number of pyridine rings is 2. The third-order valence-corrected chi connectivity index (χ3v) is 6.66. The number of aromatic nitrogens is 2. The minimum absolute atomic E-state index is 0.0186. The van der Waals surface area contributed by atoms with E-state index < -0.39 is 5.82 Å². The van der Waals surface area contributed by atoms with Crippen molar-refractivity contribution in [2.24, 2.45) is 17.8 Å². The van der Waals surface area contributed by atoms with Gasteiger partial charge in [-0.05, 0) is 54.8 Å². The largest absolute Gasteiger partial charge is 0.310 e. The van der Waals surface area contributed by atoms with E-state index in [2.05, 4.69) is 15.3 Å². The summed E-state index contributed by atoms with van der Waals surface area (Å²) in [4.78, 5) is 33.0. The van der Waals surface area contributed by atoms with Crippen LogP contribution in [-0.4, -0.2) is 21.7 Å². The summed E-state index contributed by atoms with van der Waals surface area (Å²) in [5, 5.41) is 3.93. The number of nitrogens with zero attached hydrogens (tertiary/aromatic N) is 2. The van der Waals surface area contributed by atoms with Gasteiger partial charge in [0.25, 0.3) is 0 Å². The Balaban J connectivity index is 1.48. The molecule has 0 spiro atoms. The quantitative estimate of drug-likeness (QED) is 0.646. The van der Waals surface area contributed by atoms with Gasteiger partial charge in [0.2, 0.25) is 5.91 Å². The summed E-state index contributed by atoms with van der Waals surface area (Å²) < 4.78 is 14.9. The molecule has 2 aromatic heterocycles. The molecule has 5 rings (SSSR count). The van der Waals surface area contributed by atoms with Gasteiger partial charge in [-0.2, -0.15) is 0 Å². The molecule has 30 heavy (non-hydrogen) atoms. The van der Waals surface area contributed by atoms with Crippen molar-refractivity contribution in [3.05, 3.63) is 53.2 Å². The van der Waals surface area contributed by atoms with Crippen molar-refractivity contribution >= 4 is 39.9 Å². The van der Waals surface area contributed by atoms with Crippen LogP contribution < -0.4 is 5.32 Å². The van der Waals surface area contributed by atoms with E-state index in [9.17, 15) is 14.0 Å². The zero-order chi connectivity index (χ0) is 21.0. The summed E-state index contributed by atoms with van der Waals surface area (Å²) >= 11 is 6.29.